The normalized spacial score (nSPS) is 19.9. The van der Waals surface area contributed by atoms with E-state index in [0.29, 0.717) is 11.5 Å². The van der Waals surface area contributed by atoms with Crippen molar-refractivity contribution in [3.05, 3.63) is 11.3 Å². The lowest BCUT2D eigenvalue weighted by atomic mass is 10.00. The van der Waals surface area contributed by atoms with Crippen molar-refractivity contribution in [2.45, 2.75) is 19.8 Å². The molecule has 1 saturated heterocycles. The van der Waals surface area contributed by atoms with E-state index in [4.69, 9.17) is 5.26 Å². The Bertz CT molecular complexity index is 423. The van der Waals surface area contributed by atoms with Crippen molar-refractivity contribution in [2.75, 3.05) is 25.0 Å². The Hall–Kier alpha value is -1.54. The number of nitriles is 1. The van der Waals surface area contributed by atoms with Crippen LogP contribution in [-0.2, 0) is 7.05 Å². The topological polar surface area (TPSA) is 65.7 Å². The van der Waals surface area contributed by atoms with E-state index in [1.54, 1.807) is 4.68 Å². The predicted molar refractivity (Wildman–Crippen MR) is 66.7 cm³/mol. The second-order valence-corrected chi connectivity index (χ2v) is 4.64. The highest BCUT2D eigenvalue weighted by Crippen LogP contribution is 2.18. The summed E-state index contributed by atoms with van der Waals surface area (Å²) < 4.78 is 1.75. The van der Waals surface area contributed by atoms with E-state index in [1.165, 1.54) is 12.8 Å². The van der Waals surface area contributed by atoms with Gasteiger partial charge in [0.05, 0.1) is 5.69 Å². The monoisotopic (exact) mass is 233 g/mol. The molecule has 0 aliphatic carbocycles. The number of hydrogen-bond donors (Lipinski definition) is 2. The summed E-state index contributed by atoms with van der Waals surface area (Å²) in [5.74, 6) is 1.49. The largest absolute Gasteiger partial charge is 0.369 e. The van der Waals surface area contributed by atoms with E-state index in [1.807, 2.05) is 14.0 Å². The van der Waals surface area contributed by atoms with Gasteiger partial charge < -0.3 is 10.6 Å². The molecular weight excluding hydrogens is 214 g/mol. The van der Waals surface area contributed by atoms with Crippen LogP contribution in [0.2, 0.25) is 0 Å². The summed E-state index contributed by atoms with van der Waals surface area (Å²) in [5, 5.41) is 20.1. The molecule has 0 spiro atoms. The van der Waals surface area contributed by atoms with Crippen LogP contribution in [0.3, 0.4) is 0 Å². The third-order valence-corrected chi connectivity index (χ3v) is 3.29. The van der Waals surface area contributed by atoms with Gasteiger partial charge in [-0.15, -0.1) is 0 Å². The van der Waals surface area contributed by atoms with Crippen molar-refractivity contribution in [1.82, 2.24) is 15.1 Å². The number of piperidine rings is 1. The Labute approximate surface area is 102 Å². The number of nitrogens with zero attached hydrogens (tertiary/aromatic N) is 3. The van der Waals surface area contributed by atoms with E-state index < -0.39 is 0 Å². The first kappa shape index (κ1) is 11.9. The van der Waals surface area contributed by atoms with Crippen LogP contribution in [-0.4, -0.2) is 29.4 Å². The van der Waals surface area contributed by atoms with Crippen LogP contribution < -0.4 is 10.6 Å². The summed E-state index contributed by atoms with van der Waals surface area (Å²) in [5.41, 5.74) is 1.45. The molecule has 1 aliphatic rings. The molecule has 5 nitrogen and oxygen atoms in total. The first-order valence-electron chi connectivity index (χ1n) is 6.10. The zero-order chi connectivity index (χ0) is 12.3. The Kier molecular flexibility index (Phi) is 3.64. The Morgan fingerprint density at radius 1 is 1.65 bits per heavy atom. The van der Waals surface area contributed by atoms with Gasteiger partial charge in [0.15, 0.2) is 0 Å². The molecule has 1 fully saturated rings. The lowest BCUT2D eigenvalue weighted by molar-refractivity contribution is 0.392. The summed E-state index contributed by atoms with van der Waals surface area (Å²) in [6.07, 6.45) is 2.49. The molecule has 0 bridgehead atoms. The van der Waals surface area contributed by atoms with Gasteiger partial charge in [0.2, 0.25) is 0 Å². The summed E-state index contributed by atoms with van der Waals surface area (Å²) >= 11 is 0. The SMILES string of the molecule is Cc1nn(C)c(NCC2CCCNC2)c1C#N. The van der Waals surface area contributed by atoms with Gasteiger partial charge in [-0.1, -0.05) is 0 Å². The van der Waals surface area contributed by atoms with E-state index in [-0.39, 0.29) is 0 Å². The molecule has 2 rings (SSSR count). The van der Waals surface area contributed by atoms with Gasteiger partial charge in [0.25, 0.3) is 0 Å². The first-order chi connectivity index (χ1) is 8.22. The lowest BCUT2D eigenvalue weighted by Gasteiger charge is -2.23. The maximum atomic E-state index is 9.09. The fraction of sp³-hybridized carbons (Fsp3) is 0.667. The maximum absolute atomic E-state index is 9.09. The summed E-state index contributed by atoms with van der Waals surface area (Å²) in [4.78, 5) is 0. The van der Waals surface area contributed by atoms with Crippen molar-refractivity contribution in [2.24, 2.45) is 13.0 Å². The minimum atomic E-state index is 0.644. The molecule has 0 radical (unpaired) electrons. The number of aryl methyl sites for hydroxylation is 2. The first-order valence-corrected chi connectivity index (χ1v) is 6.10. The lowest BCUT2D eigenvalue weighted by Crippen LogP contribution is -2.33. The van der Waals surface area contributed by atoms with E-state index >= 15 is 0 Å². The molecule has 1 aromatic heterocycles. The quantitative estimate of drug-likeness (QED) is 0.818. The summed E-state index contributed by atoms with van der Waals surface area (Å²) in [7, 11) is 1.87. The van der Waals surface area contributed by atoms with Crippen LogP contribution in [0.4, 0.5) is 5.82 Å². The Balaban J connectivity index is 2.01. The van der Waals surface area contributed by atoms with Crippen molar-refractivity contribution in [3.63, 3.8) is 0 Å². The van der Waals surface area contributed by atoms with Gasteiger partial charge in [0, 0.05) is 13.6 Å². The van der Waals surface area contributed by atoms with Crippen LogP contribution in [0, 0.1) is 24.2 Å². The average molecular weight is 233 g/mol. The maximum Gasteiger partial charge on any atom is 0.142 e. The van der Waals surface area contributed by atoms with Gasteiger partial charge in [-0.25, -0.2) is 0 Å². The second-order valence-electron chi connectivity index (χ2n) is 4.64. The van der Waals surface area contributed by atoms with Crippen LogP contribution in [0.1, 0.15) is 24.1 Å². The highest BCUT2D eigenvalue weighted by Gasteiger charge is 2.16. The smallest absolute Gasteiger partial charge is 0.142 e. The second kappa shape index (κ2) is 5.19. The van der Waals surface area contributed by atoms with E-state index in [9.17, 15) is 0 Å². The number of hydrogen-bond acceptors (Lipinski definition) is 4. The third-order valence-electron chi connectivity index (χ3n) is 3.29. The minimum Gasteiger partial charge on any atom is -0.369 e. The molecule has 17 heavy (non-hydrogen) atoms. The van der Waals surface area contributed by atoms with Gasteiger partial charge >= 0.3 is 0 Å². The molecule has 2 N–H and O–H groups in total. The molecule has 1 aliphatic heterocycles. The molecule has 92 valence electrons. The molecule has 1 atom stereocenters. The van der Waals surface area contributed by atoms with Gasteiger partial charge in [0.1, 0.15) is 17.5 Å². The van der Waals surface area contributed by atoms with Crippen molar-refractivity contribution in [3.8, 4) is 6.07 Å². The molecule has 0 saturated carbocycles. The number of anilines is 1. The minimum absolute atomic E-state index is 0.644. The highest BCUT2D eigenvalue weighted by atomic mass is 15.3. The predicted octanol–water partition coefficient (Wildman–Crippen LogP) is 1.01. The van der Waals surface area contributed by atoms with Gasteiger partial charge in [-0.05, 0) is 38.8 Å². The van der Waals surface area contributed by atoms with Crippen LogP contribution in [0.5, 0.6) is 0 Å². The number of rotatable bonds is 3. The van der Waals surface area contributed by atoms with Crippen molar-refractivity contribution < 1.29 is 0 Å². The Morgan fingerprint density at radius 2 is 2.47 bits per heavy atom. The van der Waals surface area contributed by atoms with Crippen molar-refractivity contribution in [1.29, 1.82) is 5.26 Å². The number of aromatic nitrogens is 2. The van der Waals surface area contributed by atoms with E-state index in [2.05, 4.69) is 21.8 Å². The van der Waals surface area contributed by atoms with Crippen LogP contribution in [0.25, 0.3) is 0 Å². The summed E-state index contributed by atoms with van der Waals surface area (Å²) in [6.45, 7) is 4.96. The van der Waals surface area contributed by atoms with Crippen LogP contribution >= 0.6 is 0 Å². The molecule has 1 aromatic rings. The zero-order valence-corrected chi connectivity index (χ0v) is 10.5. The van der Waals surface area contributed by atoms with Crippen molar-refractivity contribution >= 4 is 5.82 Å². The molecular formula is C12H19N5. The molecule has 0 amide bonds. The molecule has 1 unspecified atom stereocenters. The average Bonchev–Trinajstić information content (AvgIpc) is 2.62. The molecule has 0 aromatic carbocycles. The standard InChI is InChI=1S/C12H19N5/c1-9-11(6-13)12(17(2)16-9)15-8-10-4-3-5-14-7-10/h10,14-15H,3-5,7-8H2,1-2H3. The third kappa shape index (κ3) is 2.59. The fourth-order valence-corrected chi connectivity index (χ4v) is 2.33. The van der Waals surface area contributed by atoms with E-state index in [0.717, 1.165) is 31.1 Å². The Morgan fingerprint density at radius 3 is 3.12 bits per heavy atom. The van der Waals surface area contributed by atoms with Crippen LogP contribution in [0.15, 0.2) is 0 Å². The highest BCUT2D eigenvalue weighted by molar-refractivity contribution is 5.54. The fourth-order valence-electron chi connectivity index (χ4n) is 2.33. The van der Waals surface area contributed by atoms with Gasteiger partial charge in [-0.3, -0.25) is 4.68 Å². The number of nitrogens with one attached hydrogen (secondary N) is 2. The zero-order valence-electron chi connectivity index (χ0n) is 10.5. The molecule has 5 heteroatoms. The summed E-state index contributed by atoms with van der Waals surface area (Å²) in [6, 6.07) is 2.21. The van der Waals surface area contributed by atoms with Gasteiger partial charge in [-0.2, -0.15) is 10.4 Å². The molecule has 2 heterocycles.